The Balaban J connectivity index is 1.29. The molecular formula is C25H30Cl2N2O. The first kappa shape index (κ1) is 20.6. The molecule has 160 valence electrons. The number of halogens is 2. The highest BCUT2D eigenvalue weighted by Crippen LogP contribution is 2.43. The normalized spacial score (nSPS) is 26.6. The second kappa shape index (κ2) is 8.33. The number of carbonyl (C=O) groups is 1. The molecule has 1 amide bonds. The Morgan fingerprint density at radius 1 is 1.13 bits per heavy atom. The third kappa shape index (κ3) is 3.85. The Kier molecular flexibility index (Phi) is 5.72. The van der Waals surface area contributed by atoms with Crippen molar-refractivity contribution in [3.8, 4) is 0 Å². The highest BCUT2D eigenvalue weighted by atomic mass is 35.5. The van der Waals surface area contributed by atoms with Gasteiger partial charge in [0.1, 0.15) is 0 Å². The Morgan fingerprint density at radius 2 is 1.90 bits per heavy atom. The largest absolute Gasteiger partial charge is 0.337 e. The molecule has 4 aliphatic rings. The van der Waals surface area contributed by atoms with Gasteiger partial charge in [0, 0.05) is 36.0 Å². The molecule has 0 N–H and O–H groups in total. The van der Waals surface area contributed by atoms with Gasteiger partial charge in [-0.15, -0.1) is 0 Å². The average Bonchev–Trinajstić information content (AvgIpc) is 2.71. The molecule has 3 nitrogen and oxygen atoms in total. The minimum atomic E-state index is 0.105. The molecule has 2 fully saturated rings. The molecule has 2 heterocycles. The molecule has 0 aromatic heterocycles. The van der Waals surface area contributed by atoms with Gasteiger partial charge in [0.25, 0.3) is 0 Å². The van der Waals surface area contributed by atoms with Crippen LogP contribution in [0.5, 0.6) is 0 Å². The minimum absolute atomic E-state index is 0.105. The van der Waals surface area contributed by atoms with E-state index in [-0.39, 0.29) is 11.3 Å². The van der Waals surface area contributed by atoms with Gasteiger partial charge in [-0.2, -0.15) is 0 Å². The van der Waals surface area contributed by atoms with Crippen LogP contribution in [-0.2, 0) is 16.8 Å². The Morgan fingerprint density at radius 3 is 2.60 bits per heavy atom. The fourth-order valence-corrected chi connectivity index (χ4v) is 6.12. The average molecular weight is 445 g/mol. The molecule has 1 unspecified atom stereocenters. The van der Waals surface area contributed by atoms with E-state index in [1.807, 2.05) is 6.08 Å². The molecule has 2 aliphatic carbocycles. The van der Waals surface area contributed by atoms with Crippen LogP contribution in [0.2, 0.25) is 0 Å². The molecule has 0 radical (unpaired) electrons. The molecule has 5 rings (SSSR count). The predicted octanol–water partition coefficient (Wildman–Crippen LogP) is 5.43. The van der Waals surface area contributed by atoms with E-state index in [1.54, 1.807) is 0 Å². The number of allylic oxidation sites excluding steroid dienone is 3. The van der Waals surface area contributed by atoms with E-state index in [0.717, 1.165) is 69.9 Å². The van der Waals surface area contributed by atoms with Crippen LogP contribution in [-0.4, -0.2) is 41.9 Å². The molecule has 2 aliphatic heterocycles. The van der Waals surface area contributed by atoms with Crippen LogP contribution in [0.4, 0.5) is 0 Å². The summed E-state index contributed by atoms with van der Waals surface area (Å²) < 4.78 is 0. The summed E-state index contributed by atoms with van der Waals surface area (Å²) in [6.45, 7) is 4.84. The highest BCUT2D eigenvalue weighted by Gasteiger charge is 2.44. The first-order valence-electron chi connectivity index (χ1n) is 11.4. The minimum Gasteiger partial charge on any atom is -0.337 e. The topological polar surface area (TPSA) is 23.6 Å². The smallest absolute Gasteiger partial charge is 0.226 e. The second-order valence-electron chi connectivity index (χ2n) is 9.64. The van der Waals surface area contributed by atoms with E-state index in [2.05, 4.69) is 40.1 Å². The lowest BCUT2D eigenvalue weighted by Crippen LogP contribution is -2.54. The standard InChI is InChI=1S/C25H30Cl2N2O/c26-22-9-8-18(14-23(22)27)15-28-12-10-25(11-13-28)17-29(24(30)19-5-3-6-19)16-20-4-1-2-7-21(20)25/h1-2,4,7-9,18-19H,3,5-6,10-17H2. The summed E-state index contributed by atoms with van der Waals surface area (Å²) in [5, 5.41) is 1.46. The van der Waals surface area contributed by atoms with Crippen LogP contribution in [0.3, 0.4) is 0 Å². The van der Waals surface area contributed by atoms with Crippen molar-refractivity contribution in [1.29, 1.82) is 0 Å². The monoisotopic (exact) mass is 444 g/mol. The molecule has 1 spiro atoms. The van der Waals surface area contributed by atoms with Crippen LogP contribution in [0.25, 0.3) is 0 Å². The third-order valence-electron chi connectivity index (χ3n) is 7.73. The summed E-state index contributed by atoms with van der Waals surface area (Å²) in [6.07, 6.45) is 10.6. The lowest BCUT2D eigenvalue weighted by molar-refractivity contribution is -0.140. The van der Waals surface area contributed by atoms with Gasteiger partial charge in [-0.25, -0.2) is 0 Å². The van der Waals surface area contributed by atoms with Crippen molar-refractivity contribution < 1.29 is 4.79 Å². The van der Waals surface area contributed by atoms with E-state index < -0.39 is 0 Å². The van der Waals surface area contributed by atoms with Crippen molar-refractivity contribution in [2.75, 3.05) is 26.2 Å². The number of hydrogen-bond acceptors (Lipinski definition) is 2. The Bertz CT molecular complexity index is 881. The zero-order valence-electron chi connectivity index (χ0n) is 17.5. The number of hydrogen-bond donors (Lipinski definition) is 0. The molecular weight excluding hydrogens is 415 g/mol. The van der Waals surface area contributed by atoms with Crippen molar-refractivity contribution >= 4 is 29.1 Å². The fourth-order valence-electron chi connectivity index (χ4n) is 5.71. The van der Waals surface area contributed by atoms with E-state index in [9.17, 15) is 4.79 Å². The maximum atomic E-state index is 13.1. The van der Waals surface area contributed by atoms with Crippen LogP contribution in [0.1, 0.15) is 49.7 Å². The Hall–Kier alpha value is -1.29. The van der Waals surface area contributed by atoms with Gasteiger partial charge < -0.3 is 9.80 Å². The molecule has 1 saturated heterocycles. The summed E-state index contributed by atoms with van der Waals surface area (Å²) in [6, 6.07) is 8.83. The van der Waals surface area contributed by atoms with Gasteiger partial charge in [-0.3, -0.25) is 4.79 Å². The quantitative estimate of drug-likeness (QED) is 0.620. The maximum Gasteiger partial charge on any atom is 0.226 e. The van der Waals surface area contributed by atoms with Crippen LogP contribution in [0, 0.1) is 11.8 Å². The van der Waals surface area contributed by atoms with Crippen molar-refractivity contribution in [2.45, 2.75) is 50.5 Å². The first-order valence-corrected chi connectivity index (χ1v) is 12.1. The molecule has 1 atom stereocenters. The fraction of sp³-hybridized carbons (Fsp3) is 0.560. The van der Waals surface area contributed by atoms with Gasteiger partial charge in [-0.05, 0) is 68.3 Å². The molecule has 0 bridgehead atoms. The molecule has 5 heteroatoms. The number of amides is 1. The van der Waals surface area contributed by atoms with Crippen LogP contribution < -0.4 is 0 Å². The Labute approximate surface area is 189 Å². The van der Waals surface area contributed by atoms with E-state index >= 15 is 0 Å². The number of carbonyl (C=O) groups excluding carboxylic acids is 1. The molecule has 30 heavy (non-hydrogen) atoms. The number of rotatable bonds is 3. The van der Waals surface area contributed by atoms with E-state index in [0.29, 0.717) is 16.9 Å². The molecule has 1 aromatic carbocycles. The number of piperidine rings is 1. The lowest BCUT2D eigenvalue weighted by atomic mass is 9.68. The van der Waals surface area contributed by atoms with Crippen molar-refractivity contribution in [1.82, 2.24) is 9.80 Å². The maximum absolute atomic E-state index is 13.1. The number of benzene rings is 1. The summed E-state index contributed by atoms with van der Waals surface area (Å²) in [7, 11) is 0. The first-order chi connectivity index (χ1) is 14.5. The van der Waals surface area contributed by atoms with E-state index in [1.165, 1.54) is 17.5 Å². The summed E-state index contributed by atoms with van der Waals surface area (Å²) in [5.41, 5.74) is 2.94. The van der Waals surface area contributed by atoms with Crippen LogP contribution in [0.15, 0.2) is 46.5 Å². The number of fused-ring (bicyclic) bond motifs is 2. The zero-order chi connectivity index (χ0) is 20.7. The highest BCUT2D eigenvalue weighted by molar-refractivity contribution is 6.40. The number of nitrogens with zero attached hydrogens (tertiary/aromatic N) is 2. The van der Waals surface area contributed by atoms with Gasteiger partial charge in [0.2, 0.25) is 5.91 Å². The van der Waals surface area contributed by atoms with Crippen LogP contribution >= 0.6 is 23.2 Å². The molecule has 1 saturated carbocycles. The van der Waals surface area contributed by atoms with Crippen molar-refractivity contribution in [3.05, 3.63) is 57.6 Å². The molecule has 1 aromatic rings. The number of likely N-dealkylation sites (tertiary alicyclic amines) is 1. The van der Waals surface area contributed by atoms with Gasteiger partial charge >= 0.3 is 0 Å². The third-order valence-corrected chi connectivity index (χ3v) is 8.54. The SMILES string of the molecule is O=C(C1CCC1)N1Cc2ccccc2C2(CCN(CC3C=CC(Cl)=C(Cl)C3)CC2)C1. The summed E-state index contributed by atoms with van der Waals surface area (Å²) >= 11 is 12.4. The summed E-state index contributed by atoms with van der Waals surface area (Å²) in [4.78, 5) is 17.8. The van der Waals surface area contributed by atoms with E-state index in [4.69, 9.17) is 23.2 Å². The summed E-state index contributed by atoms with van der Waals surface area (Å²) in [5.74, 6) is 1.10. The van der Waals surface area contributed by atoms with Crippen molar-refractivity contribution in [3.63, 3.8) is 0 Å². The van der Waals surface area contributed by atoms with Gasteiger partial charge in [-0.1, -0.05) is 60.0 Å². The zero-order valence-corrected chi connectivity index (χ0v) is 19.0. The predicted molar refractivity (Wildman–Crippen MR) is 123 cm³/mol. The second-order valence-corrected chi connectivity index (χ2v) is 10.5. The lowest BCUT2D eigenvalue weighted by Gasteiger charge is -2.50. The van der Waals surface area contributed by atoms with Crippen molar-refractivity contribution in [2.24, 2.45) is 11.8 Å². The van der Waals surface area contributed by atoms with Gasteiger partial charge in [0.15, 0.2) is 0 Å². The van der Waals surface area contributed by atoms with Gasteiger partial charge in [0.05, 0.1) is 5.03 Å².